The molecule has 3 atom stereocenters. The summed E-state index contributed by atoms with van der Waals surface area (Å²) in [5.74, 6) is 1.32. The van der Waals surface area contributed by atoms with Gasteiger partial charge in [0, 0.05) is 11.7 Å². The van der Waals surface area contributed by atoms with Crippen molar-refractivity contribution in [3.05, 3.63) is 60.4 Å². The van der Waals surface area contributed by atoms with Crippen LogP contribution in [-0.4, -0.2) is 40.9 Å². The number of hydrogen-bond acceptors (Lipinski definition) is 6. The van der Waals surface area contributed by atoms with Crippen LogP contribution >= 0.6 is 0 Å². The number of anilines is 2. The molecule has 29 heavy (non-hydrogen) atoms. The third-order valence-corrected chi connectivity index (χ3v) is 5.17. The van der Waals surface area contributed by atoms with Gasteiger partial charge in [0.05, 0.1) is 26.2 Å². The van der Waals surface area contributed by atoms with Gasteiger partial charge in [-0.1, -0.05) is 24.3 Å². The first-order chi connectivity index (χ1) is 14.1. The third kappa shape index (κ3) is 3.49. The number of para-hydroxylation sites is 1. The number of rotatable bonds is 5. The van der Waals surface area contributed by atoms with Crippen molar-refractivity contribution < 1.29 is 14.3 Å². The maximum Gasteiger partial charge on any atom is 0.232 e. The summed E-state index contributed by atoms with van der Waals surface area (Å²) in [6.07, 6.45) is 1.49. The summed E-state index contributed by atoms with van der Waals surface area (Å²) >= 11 is 0. The zero-order chi connectivity index (χ0) is 20.4. The molecule has 150 valence electrons. The molecular formula is C21H23N5O3. The highest BCUT2D eigenvalue weighted by Gasteiger charge is 2.41. The monoisotopic (exact) mass is 393 g/mol. The molecule has 3 aromatic rings. The molecule has 2 N–H and O–H groups in total. The second kappa shape index (κ2) is 7.83. The Morgan fingerprint density at radius 2 is 1.86 bits per heavy atom. The Morgan fingerprint density at radius 3 is 2.59 bits per heavy atom. The van der Waals surface area contributed by atoms with Crippen LogP contribution in [0.2, 0.25) is 0 Å². The number of amides is 1. The predicted molar refractivity (Wildman–Crippen MR) is 109 cm³/mol. The van der Waals surface area contributed by atoms with Gasteiger partial charge < -0.3 is 20.1 Å². The summed E-state index contributed by atoms with van der Waals surface area (Å²) in [4.78, 5) is 17.6. The lowest BCUT2D eigenvalue weighted by atomic mass is 9.85. The summed E-state index contributed by atoms with van der Waals surface area (Å²) in [5, 5.41) is 10.7. The van der Waals surface area contributed by atoms with Gasteiger partial charge in [0.2, 0.25) is 11.9 Å². The Kier molecular flexibility index (Phi) is 5.07. The van der Waals surface area contributed by atoms with E-state index in [1.807, 2.05) is 55.5 Å². The second-order valence-electron chi connectivity index (χ2n) is 6.90. The minimum absolute atomic E-state index is 0.0999. The molecule has 2 aromatic carbocycles. The van der Waals surface area contributed by atoms with Crippen molar-refractivity contribution in [1.82, 2.24) is 14.8 Å². The van der Waals surface area contributed by atoms with Gasteiger partial charge in [0.15, 0.2) is 11.5 Å². The predicted octanol–water partition coefficient (Wildman–Crippen LogP) is 2.95. The first kappa shape index (κ1) is 18.8. The molecule has 1 aliphatic heterocycles. The number of methoxy groups -OCH3 is 2. The van der Waals surface area contributed by atoms with E-state index in [9.17, 15) is 4.79 Å². The lowest BCUT2D eigenvalue weighted by Gasteiger charge is -2.37. The Balaban J connectivity index is 1.76. The Morgan fingerprint density at radius 1 is 1.10 bits per heavy atom. The minimum Gasteiger partial charge on any atom is -0.493 e. The van der Waals surface area contributed by atoms with Gasteiger partial charge >= 0.3 is 0 Å². The normalized spacial score (nSPS) is 20.3. The van der Waals surface area contributed by atoms with Crippen molar-refractivity contribution in [3.63, 3.8) is 0 Å². The van der Waals surface area contributed by atoms with E-state index in [2.05, 4.69) is 20.7 Å². The summed E-state index contributed by atoms with van der Waals surface area (Å²) < 4.78 is 12.6. The number of hydrogen-bond donors (Lipinski definition) is 2. The standard InChI is InChI=1S/C21H23N5O3/c1-13-18(20(27)25-15-7-5-4-6-8-15)19(26-21(24-13)22-12-23-26)14-9-10-16(28-2)17(11-14)29-3/h4-13,18-19H,1-3H3,(H,25,27)(H,22,23,24)/t13-,18-,19-/m0/s1. The van der Waals surface area contributed by atoms with E-state index in [-0.39, 0.29) is 18.0 Å². The minimum atomic E-state index is -0.428. The Hall–Kier alpha value is -3.55. The van der Waals surface area contributed by atoms with Crippen molar-refractivity contribution >= 4 is 17.5 Å². The van der Waals surface area contributed by atoms with E-state index in [0.717, 1.165) is 11.3 Å². The molecule has 4 rings (SSSR count). The van der Waals surface area contributed by atoms with Crippen LogP contribution in [0.15, 0.2) is 54.9 Å². The highest BCUT2D eigenvalue weighted by molar-refractivity contribution is 5.94. The van der Waals surface area contributed by atoms with Crippen molar-refractivity contribution in [1.29, 1.82) is 0 Å². The Labute approximate surface area is 168 Å². The molecule has 0 saturated heterocycles. The van der Waals surface area contributed by atoms with Crippen LogP contribution < -0.4 is 20.1 Å². The summed E-state index contributed by atoms with van der Waals surface area (Å²) in [7, 11) is 3.18. The molecular weight excluding hydrogens is 370 g/mol. The van der Waals surface area contributed by atoms with Crippen molar-refractivity contribution in [2.24, 2.45) is 5.92 Å². The molecule has 0 aliphatic carbocycles. The molecule has 2 heterocycles. The number of ether oxygens (including phenoxy) is 2. The van der Waals surface area contributed by atoms with E-state index in [1.165, 1.54) is 6.33 Å². The van der Waals surface area contributed by atoms with E-state index >= 15 is 0 Å². The maximum atomic E-state index is 13.3. The number of nitrogens with one attached hydrogen (secondary N) is 2. The molecule has 0 unspecified atom stereocenters. The van der Waals surface area contributed by atoms with Gasteiger partial charge in [-0.15, -0.1) is 0 Å². The molecule has 1 aliphatic rings. The molecule has 8 nitrogen and oxygen atoms in total. The van der Waals surface area contributed by atoms with Crippen molar-refractivity contribution in [3.8, 4) is 11.5 Å². The van der Waals surface area contributed by atoms with Crippen molar-refractivity contribution in [2.45, 2.75) is 19.0 Å². The number of aromatic nitrogens is 3. The lowest BCUT2D eigenvalue weighted by molar-refractivity contribution is -0.121. The number of fused-ring (bicyclic) bond motifs is 1. The molecule has 8 heteroatoms. The van der Waals surface area contributed by atoms with Crippen LogP contribution in [0.3, 0.4) is 0 Å². The molecule has 0 saturated carbocycles. The quantitative estimate of drug-likeness (QED) is 0.693. The average Bonchev–Trinajstić information content (AvgIpc) is 3.20. The highest BCUT2D eigenvalue weighted by Crippen LogP contribution is 2.39. The fourth-order valence-corrected chi connectivity index (χ4v) is 3.78. The van der Waals surface area contributed by atoms with Crippen LogP contribution in [-0.2, 0) is 4.79 Å². The average molecular weight is 393 g/mol. The molecule has 0 radical (unpaired) electrons. The molecule has 0 bridgehead atoms. The fraction of sp³-hybridized carbons (Fsp3) is 0.286. The topological polar surface area (TPSA) is 90.3 Å². The van der Waals surface area contributed by atoms with Gasteiger partial charge in [-0.2, -0.15) is 10.1 Å². The van der Waals surface area contributed by atoms with Crippen LogP contribution in [0, 0.1) is 5.92 Å². The number of carbonyl (C=O) groups is 1. The number of carbonyl (C=O) groups excluding carboxylic acids is 1. The van der Waals surface area contributed by atoms with Crippen LogP contribution in [0.5, 0.6) is 11.5 Å². The van der Waals surface area contributed by atoms with Gasteiger partial charge in [-0.05, 0) is 36.8 Å². The van der Waals surface area contributed by atoms with Gasteiger partial charge in [0.25, 0.3) is 0 Å². The zero-order valence-corrected chi connectivity index (χ0v) is 16.5. The third-order valence-electron chi connectivity index (χ3n) is 5.17. The van der Waals surface area contributed by atoms with Crippen molar-refractivity contribution in [2.75, 3.05) is 24.9 Å². The Bertz CT molecular complexity index is 1000. The molecule has 1 amide bonds. The molecule has 0 spiro atoms. The first-order valence-electron chi connectivity index (χ1n) is 9.36. The molecule has 1 aromatic heterocycles. The van der Waals surface area contributed by atoms with Gasteiger partial charge in [0.1, 0.15) is 6.33 Å². The SMILES string of the molecule is COc1ccc([C@H]2[C@@H](C(=O)Nc3ccccc3)[C@H](C)Nc3ncnn32)cc1OC. The summed E-state index contributed by atoms with van der Waals surface area (Å²) in [5.41, 5.74) is 1.64. The number of nitrogens with zero attached hydrogens (tertiary/aromatic N) is 3. The molecule has 0 fully saturated rings. The highest BCUT2D eigenvalue weighted by atomic mass is 16.5. The second-order valence-corrected chi connectivity index (χ2v) is 6.90. The van der Waals surface area contributed by atoms with E-state index in [1.54, 1.807) is 18.9 Å². The van der Waals surface area contributed by atoms with Crippen LogP contribution in [0.25, 0.3) is 0 Å². The summed E-state index contributed by atoms with van der Waals surface area (Å²) in [6, 6.07) is 14.6. The summed E-state index contributed by atoms with van der Waals surface area (Å²) in [6.45, 7) is 1.97. The van der Waals surface area contributed by atoms with E-state index < -0.39 is 5.92 Å². The fourth-order valence-electron chi connectivity index (χ4n) is 3.78. The maximum absolute atomic E-state index is 13.3. The van der Waals surface area contributed by atoms with Crippen LogP contribution in [0.4, 0.5) is 11.6 Å². The first-order valence-corrected chi connectivity index (χ1v) is 9.36. The largest absolute Gasteiger partial charge is 0.493 e. The number of benzene rings is 2. The van der Waals surface area contributed by atoms with E-state index in [4.69, 9.17) is 9.47 Å². The lowest BCUT2D eigenvalue weighted by Crippen LogP contribution is -2.46. The van der Waals surface area contributed by atoms with Crippen LogP contribution in [0.1, 0.15) is 18.5 Å². The van der Waals surface area contributed by atoms with Gasteiger partial charge in [-0.3, -0.25) is 4.79 Å². The van der Waals surface area contributed by atoms with Gasteiger partial charge in [-0.25, -0.2) is 4.68 Å². The zero-order valence-electron chi connectivity index (χ0n) is 16.5. The smallest absolute Gasteiger partial charge is 0.232 e. The van der Waals surface area contributed by atoms with E-state index in [0.29, 0.717) is 17.4 Å².